The van der Waals surface area contributed by atoms with Crippen molar-refractivity contribution in [3.05, 3.63) is 60.2 Å². The molecule has 0 bridgehead atoms. The van der Waals surface area contributed by atoms with E-state index in [1.165, 1.54) is 0 Å². The zero-order valence-corrected chi connectivity index (χ0v) is 14.3. The zero-order chi connectivity index (χ0) is 17.6. The van der Waals surface area contributed by atoms with E-state index in [0.29, 0.717) is 31.1 Å². The van der Waals surface area contributed by atoms with Gasteiger partial charge >= 0.3 is 0 Å². The Balaban J connectivity index is 1.63. The van der Waals surface area contributed by atoms with Crippen molar-refractivity contribution in [2.24, 2.45) is 5.92 Å². The molecule has 1 heterocycles. The Labute approximate surface area is 147 Å². The van der Waals surface area contributed by atoms with Crippen molar-refractivity contribution in [1.82, 2.24) is 4.90 Å². The number of benzene rings is 2. The normalized spacial score (nSPS) is 16.8. The van der Waals surface area contributed by atoms with Crippen molar-refractivity contribution < 1.29 is 14.3 Å². The van der Waals surface area contributed by atoms with Crippen LogP contribution in [0, 0.1) is 5.92 Å². The molecule has 2 aromatic carbocycles. The first-order chi connectivity index (χ1) is 12.2. The molecule has 1 aliphatic heterocycles. The van der Waals surface area contributed by atoms with Crippen LogP contribution in [0.25, 0.3) is 0 Å². The molecule has 1 unspecified atom stereocenters. The van der Waals surface area contributed by atoms with Crippen molar-refractivity contribution in [1.29, 1.82) is 0 Å². The maximum absolute atomic E-state index is 12.6. The van der Waals surface area contributed by atoms with Crippen LogP contribution in [0.2, 0.25) is 0 Å². The van der Waals surface area contributed by atoms with Crippen LogP contribution in [0.4, 0.5) is 5.69 Å². The Bertz CT molecular complexity index is 746. The predicted octanol–water partition coefficient (Wildman–Crippen LogP) is 3.07. The number of carbonyl (C=O) groups excluding carboxylic acids is 2. The van der Waals surface area contributed by atoms with E-state index in [1.54, 1.807) is 11.0 Å². The van der Waals surface area contributed by atoms with Gasteiger partial charge in [-0.3, -0.25) is 9.59 Å². The zero-order valence-electron chi connectivity index (χ0n) is 14.3. The first-order valence-electron chi connectivity index (χ1n) is 8.51. The molecule has 1 aliphatic rings. The smallest absolute Gasteiger partial charge is 0.229 e. The van der Waals surface area contributed by atoms with Crippen molar-refractivity contribution in [2.45, 2.75) is 19.9 Å². The van der Waals surface area contributed by atoms with E-state index in [0.717, 1.165) is 5.56 Å². The first-order valence-corrected chi connectivity index (χ1v) is 8.51. The van der Waals surface area contributed by atoms with Gasteiger partial charge in [0.25, 0.3) is 0 Å². The van der Waals surface area contributed by atoms with E-state index in [4.69, 9.17) is 4.74 Å². The minimum Gasteiger partial charge on any atom is -0.492 e. The monoisotopic (exact) mass is 338 g/mol. The quantitative estimate of drug-likeness (QED) is 0.880. The largest absolute Gasteiger partial charge is 0.492 e. The Hall–Kier alpha value is -2.82. The molecule has 2 amide bonds. The second-order valence-electron chi connectivity index (χ2n) is 6.08. The van der Waals surface area contributed by atoms with Crippen molar-refractivity contribution in [3.8, 4) is 5.75 Å². The highest BCUT2D eigenvalue weighted by atomic mass is 16.5. The highest BCUT2D eigenvalue weighted by molar-refractivity contribution is 5.98. The van der Waals surface area contributed by atoms with Crippen LogP contribution in [0.5, 0.6) is 5.75 Å². The van der Waals surface area contributed by atoms with E-state index < -0.39 is 0 Å². The maximum atomic E-state index is 12.6. The van der Waals surface area contributed by atoms with Gasteiger partial charge in [-0.25, -0.2) is 0 Å². The average Bonchev–Trinajstić information content (AvgIpc) is 2.99. The summed E-state index contributed by atoms with van der Waals surface area (Å²) in [6.45, 7) is 3.41. The highest BCUT2D eigenvalue weighted by Gasteiger charge is 2.34. The number of para-hydroxylation sites is 2. The number of carbonyl (C=O) groups is 2. The number of hydrogen-bond donors (Lipinski definition) is 1. The van der Waals surface area contributed by atoms with Crippen LogP contribution in [-0.4, -0.2) is 29.9 Å². The highest BCUT2D eigenvalue weighted by Crippen LogP contribution is 2.26. The van der Waals surface area contributed by atoms with E-state index in [9.17, 15) is 9.59 Å². The summed E-state index contributed by atoms with van der Waals surface area (Å²) < 4.78 is 5.53. The number of nitrogens with one attached hydrogen (secondary N) is 1. The predicted molar refractivity (Wildman–Crippen MR) is 96.2 cm³/mol. The van der Waals surface area contributed by atoms with Crippen LogP contribution in [0.3, 0.4) is 0 Å². The molecule has 25 heavy (non-hydrogen) atoms. The molecule has 5 nitrogen and oxygen atoms in total. The molecule has 1 atom stereocenters. The second kappa shape index (κ2) is 7.83. The lowest BCUT2D eigenvalue weighted by Gasteiger charge is -2.17. The molecule has 130 valence electrons. The summed E-state index contributed by atoms with van der Waals surface area (Å²) in [6.07, 6.45) is 0.246. The minimum atomic E-state index is -0.342. The summed E-state index contributed by atoms with van der Waals surface area (Å²) in [4.78, 5) is 26.5. The third kappa shape index (κ3) is 4.18. The van der Waals surface area contributed by atoms with Gasteiger partial charge in [-0.2, -0.15) is 0 Å². The molecule has 1 N–H and O–H groups in total. The van der Waals surface area contributed by atoms with Gasteiger partial charge in [0.1, 0.15) is 5.75 Å². The molecule has 0 aliphatic carbocycles. The first kappa shape index (κ1) is 17.0. The number of hydrogen-bond acceptors (Lipinski definition) is 3. The lowest BCUT2D eigenvalue weighted by Crippen LogP contribution is -2.28. The fourth-order valence-corrected chi connectivity index (χ4v) is 2.99. The van der Waals surface area contributed by atoms with Gasteiger partial charge in [-0.15, -0.1) is 0 Å². The molecule has 5 heteroatoms. The van der Waals surface area contributed by atoms with Crippen LogP contribution in [0.1, 0.15) is 18.9 Å². The van der Waals surface area contributed by atoms with Gasteiger partial charge in [0, 0.05) is 19.5 Å². The molecular weight excluding hydrogens is 316 g/mol. The number of anilines is 1. The Morgan fingerprint density at radius 1 is 1.16 bits per heavy atom. The SMILES string of the molecule is CCOc1ccccc1NC(=O)C1CC(=O)N(Cc2ccccc2)C1. The van der Waals surface area contributed by atoms with Gasteiger partial charge in [0.05, 0.1) is 18.2 Å². The van der Waals surface area contributed by atoms with Gasteiger partial charge in [0.2, 0.25) is 11.8 Å². The summed E-state index contributed by atoms with van der Waals surface area (Å²) in [5.74, 6) is 0.174. The van der Waals surface area contributed by atoms with Gasteiger partial charge in [-0.1, -0.05) is 42.5 Å². The van der Waals surface area contributed by atoms with Gasteiger partial charge in [-0.05, 0) is 24.6 Å². The summed E-state index contributed by atoms with van der Waals surface area (Å²) in [7, 11) is 0. The lowest BCUT2D eigenvalue weighted by atomic mass is 10.1. The van der Waals surface area contributed by atoms with Crippen LogP contribution >= 0.6 is 0 Å². The summed E-state index contributed by atoms with van der Waals surface area (Å²) in [6, 6.07) is 17.2. The molecule has 0 aromatic heterocycles. The van der Waals surface area contributed by atoms with Crippen LogP contribution < -0.4 is 10.1 Å². The molecule has 2 aromatic rings. The van der Waals surface area contributed by atoms with Crippen LogP contribution in [-0.2, 0) is 16.1 Å². The fraction of sp³-hybridized carbons (Fsp3) is 0.300. The van der Waals surface area contributed by atoms with Crippen molar-refractivity contribution in [2.75, 3.05) is 18.5 Å². The Kier molecular flexibility index (Phi) is 5.33. The average molecular weight is 338 g/mol. The standard InChI is InChI=1S/C20H22N2O3/c1-2-25-18-11-7-6-10-17(18)21-20(24)16-12-19(23)22(14-16)13-15-8-4-3-5-9-15/h3-11,16H,2,12-14H2,1H3,(H,21,24). The number of rotatable bonds is 6. The third-order valence-electron chi connectivity index (χ3n) is 4.25. The maximum Gasteiger partial charge on any atom is 0.229 e. The summed E-state index contributed by atoms with van der Waals surface area (Å²) in [5.41, 5.74) is 1.71. The molecule has 3 rings (SSSR count). The molecule has 0 radical (unpaired) electrons. The molecule has 0 spiro atoms. The van der Waals surface area contributed by atoms with Crippen molar-refractivity contribution in [3.63, 3.8) is 0 Å². The number of nitrogens with zero attached hydrogens (tertiary/aromatic N) is 1. The number of likely N-dealkylation sites (tertiary alicyclic amines) is 1. The van der Waals surface area contributed by atoms with Crippen LogP contribution in [0.15, 0.2) is 54.6 Å². The summed E-state index contributed by atoms with van der Waals surface area (Å²) in [5, 5.41) is 2.90. The second-order valence-corrected chi connectivity index (χ2v) is 6.08. The van der Waals surface area contributed by atoms with E-state index in [1.807, 2.05) is 55.5 Å². The number of amides is 2. The lowest BCUT2D eigenvalue weighted by molar-refractivity contribution is -0.128. The van der Waals surface area contributed by atoms with Gasteiger partial charge < -0.3 is 15.0 Å². The molecule has 1 saturated heterocycles. The van der Waals surface area contributed by atoms with Crippen molar-refractivity contribution >= 4 is 17.5 Å². The summed E-state index contributed by atoms with van der Waals surface area (Å²) >= 11 is 0. The third-order valence-corrected chi connectivity index (χ3v) is 4.25. The molecule has 1 fully saturated rings. The topological polar surface area (TPSA) is 58.6 Å². The molecule has 0 saturated carbocycles. The number of ether oxygens (including phenoxy) is 1. The minimum absolute atomic E-state index is 0.0158. The van der Waals surface area contributed by atoms with Gasteiger partial charge in [0.15, 0.2) is 0 Å². The van der Waals surface area contributed by atoms with E-state index in [-0.39, 0.29) is 24.2 Å². The molecular formula is C20H22N2O3. The fourth-order valence-electron chi connectivity index (χ4n) is 2.99. The Morgan fingerprint density at radius 3 is 2.64 bits per heavy atom. The Morgan fingerprint density at radius 2 is 1.88 bits per heavy atom. The van der Waals surface area contributed by atoms with E-state index >= 15 is 0 Å². The van der Waals surface area contributed by atoms with E-state index in [2.05, 4.69) is 5.32 Å².